The molecule has 2 rings (SSSR count). The van der Waals surface area contributed by atoms with Crippen LogP contribution in [0.15, 0.2) is 6.20 Å². The number of anilines is 2. The molecule has 0 amide bonds. The quantitative estimate of drug-likeness (QED) is 0.810. The van der Waals surface area contributed by atoms with E-state index in [0.717, 1.165) is 38.8 Å². The van der Waals surface area contributed by atoms with E-state index in [9.17, 15) is 4.39 Å². The molecule has 0 radical (unpaired) electrons. The lowest BCUT2D eigenvalue weighted by Crippen LogP contribution is -2.28. The molecule has 1 fully saturated rings. The van der Waals surface area contributed by atoms with E-state index in [1.54, 1.807) is 0 Å². The molecule has 0 saturated heterocycles. The molecule has 0 atom stereocenters. The van der Waals surface area contributed by atoms with Crippen LogP contribution in [0, 0.1) is 5.82 Å². The zero-order chi connectivity index (χ0) is 13.0. The van der Waals surface area contributed by atoms with Crippen molar-refractivity contribution in [1.29, 1.82) is 0 Å². The smallest absolute Gasteiger partial charge is 0.224 e. The number of rotatable bonds is 7. The highest BCUT2D eigenvalue weighted by Crippen LogP contribution is 2.32. The topological polar surface area (TPSA) is 41.1 Å². The maximum atomic E-state index is 13.9. The summed E-state index contributed by atoms with van der Waals surface area (Å²) in [6, 6.07) is 0.466. The molecule has 5 heteroatoms. The minimum atomic E-state index is -0.322. The zero-order valence-corrected chi connectivity index (χ0v) is 11.1. The number of hydrogen-bond donors (Lipinski definition) is 1. The summed E-state index contributed by atoms with van der Waals surface area (Å²) in [6.07, 6.45) is 5.54. The van der Waals surface area contributed by atoms with Gasteiger partial charge in [0.15, 0.2) is 11.6 Å². The summed E-state index contributed by atoms with van der Waals surface area (Å²) < 4.78 is 13.9. The maximum Gasteiger partial charge on any atom is 0.224 e. The average molecular weight is 252 g/mol. The highest BCUT2D eigenvalue weighted by atomic mass is 19.1. The Balaban J connectivity index is 2.17. The maximum absolute atomic E-state index is 13.9. The number of aromatic nitrogens is 2. The van der Waals surface area contributed by atoms with Gasteiger partial charge in [-0.05, 0) is 25.7 Å². The predicted molar refractivity (Wildman–Crippen MR) is 71.4 cm³/mol. The van der Waals surface area contributed by atoms with Gasteiger partial charge in [-0.3, -0.25) is 0 Å². The first-order valence-corrected chi connectivity index (χ1v) is 6.79. The van der Waals surface area contributed by atoms with Gasteiger partial charge < -0.3 is 10.2 Å². The van der Waals surface area contributed by atoms with Crippen molar-refractivity contribution in [1.82, 2.24) is 9.97 Å². The van der Waals surface area contributed by atoms with Gasteiger partial charge >= 0.3 is 0 Å². The molecule has 1 aromatic heterocycles. The van der Waals surface area contributed by atoms with Gasteiger partial charge in [-0.15, -0.1) is 0 Å². The van der Waals surface area contributed by atoms with E-state index in [1.807, 2.05) is 0 Å². The number of nitrogens with one attached hydrogen (secondary N) is 1. The van der Waals surface area contributed by atoms with Crippen molar-refractivity contribution in [2.24, 2.45) is 0 Å². The van der Waals surface area contributed by atoms with Gasteiger partial charge in [0, 0.05) is 19.1 Å². The Morgan fingerprint density at radius 3 is 2.78 bits per heavy atom. The van der Waals surface area contributed by atoms with E-state index in [0.29, 0.717) is 17.8 Å². The fraction of sp³-hybridized carbons (Fsp3) is 0.692. The first kappa shape index (κ1) is 13.1. The monoisotopic (exact) mass is 252 g/mol. The SMILES string of the molecule is CCCNc1ncc(F)c(N(CCC)C2CC2)n1. The molecule has 1 aromatic rings. The van der Waals surface area contributed by atoms with Gasteiger partial charge in [-0.1, -0.05) is 13.8 Å². The molecular formula is C13H21FN4. The second kappa shape index (κ2) is 5.98. The minimum Gasteiger partial charge on any atom is -0.354 e. The summed E-state index contributed by atoms with van der Waals surface area (Å²) in [6.45, 7) is 5.84. The van der Waals surface area contributed by atoms with Crippen LogP contribution < -0.4 is 10.2 Å². The van der Waals surface area contributed by atoms with Crippen molar-refractivity contribution < 1.29 is 4.39 Å². The van der Waals surface area contributed by atoms with E-state index >= 15 is 0 Å². The van der Waals surface area contributed by atoms with Crippen LogP contribution in [0.4, 0.5) is 16.2 Å². The Labute approximate surface area is 108 Å². The van der Waals surface area contributed by atoms with E-state index in [4.69, 9.17) is 0 Å². The highest BCUT2D eigenvalue weighted by molar-refractivity contribution is 5.46. The van der Waals surface area contributed by atoms with E-state index in [-0.39, 0.29) is 5.82 Å². The van der Waals surface area contributed by atoms with Crippen LogP contribution in [-0.4, -0.2) is 29.1 Å². The Hall–Kier alpha value is -1.39. The van der Waals surface area contributed by atoms with Crippen molar-refractivity contribution in [2.45, 2.75) is 45.6 Å². The van der Waals surface area contributed by atoms with Crippen LogP contribution in [0.3, 0.4) is 0 Å². The van der Waals surface area contributed by atoms with Crippen LogP contribution in [-0.2, 0) is 0 Å². The third-order valence-corrected chi connectivity index (χ3v) is 2.98. The molecule has 18 heavy (non-hydrogen) atoms. The van der Waals surface area contributed by atoms with Gasteiger partial charge in [0.05, 0.1) is 6.20 Å². The fourth-order valence-electron chi connectivity index (χ4n) is 1.97. The van der Waals surface area contributed by atoms with Crippen molar-refractivity contribution in [3.05, 3.63) is 12.0 Å². The van der Waals surface area contributed by atoms with Crippen LogP contribution in [0.1, 0.15) is 39.5 Å². The molecule has 0 aromatic carbocycles. The lowest BCUT2D eigenvalue weighted by molar-refractivity contribution is 0.598. The van der Waals surface area contributed by atoms with Crippen molar-refractivity contribution >= 4 is 11.8 Å². The molecule has 0 bridgehead atoms. The third-order valence-electron chi connectivity index (χ3n) is 2.98. The molecule has 0 unspecified atom stereocenters. The Morgan fingerprint density at radius 2 is 2.17 bits per heavy atom. The van der Waals surface area contributed by atoms with Gasteiger partial charge in [0.1, 0.15) is 0 Å². The summed E-state index contributed by atoms with van der Waals surface area (Å²) in [4.78, 5) is 10.4. The number of halogens is 1. The summed E-state index contributed by atoms with van der Waals surface area (Å²) in [5, 5.41) is 3.10. The van der Waals surface area contributed by atoms with Gasteiger partial charge in [0.25, 0.3) is 0 Å². The summed E-state index contributed by atoms with van der Waals surface area (Å²) >= 11 is 0. The number of nitrogens with zero attached hydrogens (tertiary/aromatic N) is 3. The molecule has 1 heterocycles. The van der Waals surface area contributed by atoms with Crippen LogP contribution in [0.25, 0.3) is 0 Å². The van der Waals surface area contributed by atoms with Crippen LogP contribution >= 0.6 is 0 Å². The summed E-state index contributed by atoms with van der Waals surface area (Å²) in [5.41, 5.74) is 0. The summed E-state index contributed by atoms with van der Waals surface area (Å²) in [5.74, 6) is 0.653. The second-order valence-electron chi connectivity index (χ2n) is 4.72. The molecule has 1 N–H and O–H groups in total. The van der Waals surface area contributed by atoms with Gasteiger partial charge in [-0.2, -0.15) is 4.98 Å². The molecule has 100 valence electrons. The molecule has 1 saturated carbocycles. The van der Waals surface area contributed by atoms with Gasteiger partial charge in [0.2, 0.25) is 5.95 Å². The van der Waals surface area contributed by atoms with Crippen molar-refractivity contribution in [2.75, 3.05) is 23.3 Å². The lowest BCUT2D eigenvalue weighted by atomic mass is 10.3. The molecule has 1 aliphatic rings. The Bertz CT molecular complexity index is 393. The standard InChI is InChI=1S/C13H21FN4/c1-3-7-15-13-16-9-11(14)12(17-13)18(8-4-2)10-5-6-10/h9-10H,3-8H2,1-2H3,(H,15,16,17). The van der Waals surface area contributed by atoms with E-state index in [1.165, 1.54) is 6.20 Å². The molecule has 1 aliphatic carbocycles. The highest BCUT2D eigenvalue weighted by Gasteiger charge is 2.31. The zero-order valence-electron chi connectivity index (χ0n) is 11.1. The fourth-order valence-corrected chi connectivity index (χ4v) is 1.97. The van der Waals surface area contributed by atoms with Crippen molar-refractivity contribution in [3.63, 3.8) is 0 Å². The predicted octanol–water partition coefficient (Wildman–Crippen LogP) is 2.82. The first-order chi connectivity index (χ1) is 8.76. The van der Waals surface area contributed by atoms with Crippen molar-refractivity contribution in [3.8, 4) is 0 Å². The minimum absolute atomic E-state index is 0.322. The Kier molecular flexibility index (Phi) is 4.33. The summed E-state index contributed by atoms with van der Waals surface area (Å²) in [7, 11) is 0. The first-order valence-electron chi connectivity index (χ1n) is 6.79. The lowest BCUT2D eigenvalue weighted by Gasteiger charge is -2.23. The van der Waals surface area contributed by atoms with Crippen LogP contribution in [0.2, 0.25) is 0 Å². The van der Waals surface area contributed by atoms with E-state index in [2.05, 4.69) is 34.0 Å². The molecular weight excluding hydrogens is 231 g/mol. The third kappa shape index (κ3) is 3.09. The largest absolute Gasteiger partial charge is 0.354 e. The average Bonchev–Trinajstić information content (AvgIpc) is 3.20. The van der Waals surface area contributed by atoms with Gasteiger partial charge in [-0.25, -0.2) is 9.37 Å². The molecule has 4 nitrogen and oxygen atoms in total. The normalized spacial score (nSPS) is 14.6. The molecule has 0 spiro atoms. The number of hydrogen-bond acceptors (Lipinski definition) is 4. The molecule has 0 aliphatic heterocycles. The van der Waals surface area contributed by atoms with E-state index < -0.39 is 0 Å². The Morgan fingerprint density at radius 1 is 1.39 bits per heavy atom. The van der Waals surface area contributed by atoms with Crippen LogP contribution in [0.5, 0.6) is 0 Å². The second-order valence-corrected chi connectivity index (χ2v) is 4.72.